The fourth-order valence-electron chi connectivity index (χ4n) is 2.82. The first-order valence-corrected chi connectivity index (χ1v) is 7.18. The second-order valence-corrected chi connectivity index (χ2v) is 6.54. The number of nitrogens with one attached hydrogen (secondary N) is 1. The minimum atomic E-state index is 0.420. The van der Waals surface area contributed by atoms with Crippen LogP contribution in [0.15, 0.2) is 6.07 Å². The maximum absolute atomic E-state index is 4.57. The first kappa shape index (κ1) is 14.1. The fourth-order valence-corrected chi connectivity index (χ4v) is 2.82. The van der Waals surface area contributed by atoms with Crippen molar-refractivity contribution >= 4 is 11.6 Å². The Balaban J connectivity index is 2.07. The Morgan fingerprint density at radius 2 is 1.84 bits per heavy atom. The molecule has 1 aromatic rings. The minimum absolute atomic E-state index is 0.420. The van der Waals surface area contributed by atoms with E-state index in [1.165, 1.54) is 12.8 Å². The van der Waals surface area contributed by atoms with E-state index in [1.807, 2.05) is 20.0 Å². The summed E-state index contributed by atoms with van der Waals surface area (Å²) in [6.45, 7) is 11.2. The van der Waals surface area contributed by atoms with Crippen molar-refractivity contribution < 1.29 is 0 Å². The lowest BCUT2D eigenvalue weighted by atomic mass is 9.75. The summed E-state index contributed by atoms with van der Waals surface area (Å²) in [5.74, 6) is 3.61. The van der Waals surface area contributed by atoms with Gasteiger partial charge in [0, 0.05) is 26.2 Å². The van der Waals surface area contributed by atoms with E-state index in [2.05, 4.69) is 41.0 Å². The molecule has 1 aliphatic heterocycles. The highest BCUT2D eigenvalue weighted by Gasteiger charge is 2.29. The van der Waals surface area contributed by atoms with Crippen molar-refractivity contribution in [1.29, 1.82) is 0 Å². The zero-order valence-corrected chi connectivity index (χ0v) is 12.8. The number of hydrogen-bond acceptors (Lipinski definition) is 4. The Kier molecular flexibility index (Phi) is 3.97. The molecule has 0 spiro atoms. The average molecular weight is 262 g/mol. The van der Waals surface area contributed by atoms with Gasteiger partial charge in [0.05, 0.1) is 0 Å². The first-order valence-electron chi connectivity index (χ1n) is 7.18. The van der Waals surface area contributed by atoms with Crippen LogP contribution in [0.4, 0.5) is 11.6 Å². The molecule has 1 N–H and O–H groups in total. The summed E-state index contributed by atoms with van der Waals surface area (Å²) in [4.78, 5) is 11.3. The summed E-state index contributed by atoms with van der Waals surface area (Å²) in [5, 5.41) is 3.10. The highest BCUT2D eigenvalue weighted by atomic mass is 15.2. The molecule has 106 valence electrons. The van der Waals surface area contributed by atoms with Gasteiger partial charge in [-0.1, -0.05) is 20.8 Å². The molecule has 0 amide bonds. The first-order chi connectivity index (χ1) is 8.90. The van der Waals surface area contributed by atoms with Gasteiger partial charge in [-0.2, -0.15) is 0 Å². The molecule has 0 bridgehead atoms. The van der Waals surface area contributed by atoms with E-state index < -0.39 is 0 Å². The smallest absolute Gasteiger partial charge is 0.134 e. The molecule has 1 aromatic heterocycles. The van der Waals surface area contributed by atoms with Crippen molar-refractivity contribution in [2.45, 2.75) is 40.5 Å². The molecule has 2 rings (SSSR count). The molecule has 1 aliphatic rings. The van der Waals surface area contributed by atoms with Crippen molar-refractivity contribution in [2.75, 3.05) is 30.4 Å². The number of aryl methyl sites for hydroxylation is 1. The lowest BCUT2D eigenvalue weighted by Crippen LogP contribution is -2.38. The number of nitrogens with zero attached hydrogens (tertiary/aromatic N) is 3. The third-order valence-corrected chi connectivity index (χ3v) is 4.12. The molecular formula is C15H26N4. The molecule has 0 radical (unpaired) electrons. The molecule has 0 atom stereocenters. The zero-order chi connectivity index (χ0) is 14.0. The van der Waals surface area contributed by atoms with Crippen molar-refractivity contribution in [3.8, 4) is 0 Å². The highest BCUT2D eigenvalue weighted by molar-refractivity contribution is 5.49. The third-order valence-electron chi connectivity index (χ3n) is 4.12. The Morgan fingerprint density at radius 1 is 1.21 bits per heavy atom. The Morgan fingerprint density at radius 3 is 2.37 bits per heavy atom. The van der Waals surface area contributed by atoms with E-state index in [9.17, 15) is 0 Å². The van der Waals surface area contributed by atoms with Crippen molar-refractivity contribution in [3.63, 3.8) is 0 Å². The maximum Gasteiger partial charge on any atom is 0.134 e. The Hall–Kier alpha value is -1.32. The highest BCUT2D eigenvalue weighted by Crippen LogP contribution is 2.35. The molecule has 1 saturated heterocycles. The van der Waals surface area contributed by atoms with Crippen LogP contribution in [0.25, 0.3) is 0 Å². The van der Waals surface area contributed by atoms with Gasteiger partial charge in [0.2, 0.25) is 0 Å². The van der Waals surface area contributed by atoms with Crippen LogP contribution >= 0.6 is 0 Å². The van der Waals surface area contributed by atoms with Crippen LogP contribution in [0.1, 0.15) is 39.4 Å². The SMILES string of the molecule is CNc1cc(N2CCC(C(C)(C)C)CC2)nc(C)n1. The lowest BCUT2D eigenvalue weighted by molar-refractivity contribution is 0.198. The number of anilines is 2. The number of rotatable bonds is 2. The molecule has 4 nitrogen and oxygen atoms in total. The Labute approximate surface area is 116 Å². The summed E-state index contributed by atoms with van der Waals surface area (Å²) < 4.78 is 0. The molecule has 0 unspecified atom stereocenters. The van der Waals surface area contributed by atoms with E-state index >= 15 is 0 Å². The number of aromatic nitrogens is 2. The van der Waals surface area contributed by atoms with Crippen molar-refractivity contribution in [2.24, 2.45) is 11.3 Å². The largest absolute Gasteiger partial charge is 0.373 e. The van der Waals surface area contributed by atoms with E-state index in [0.717, 1.165) is 36.5 Å². The van der Waals surface area contributed by atoms with Gasteiger partial charge in [-0.3, -0.25) is 0 Å². The summed E-state index contributed by atoms with van der Waals surface area (Å²) in [5.41, 5.74) is 0.420. The Bertz CT molecular complexity index is 428. The van der Waals surface area contributed by atoms with Crippen LogP contribution < -0.4 is 10.2 Å². The minimum Gasteiger partial charge on any atom is -0.373 e. The van der Waals surface area contributed by atoms with Gasteiger partial charge in [0.25, 0.3) is 0 Å². The van der Waals surface area contributed by atoms with Crippen LogP contribution in [0, 0.1) is 18.3 Å². The summed E-state index contributed by atoms with van der Waals surface area (Å²) in [6, 6.07) is 2.05. The van der Waals surface area contributed by atoms with E-state index in [0.29, 0.717) is 5.41 Å². The molecule has 0 aliphatic carbocycles. The molecule has 1 fully saturated rings. The van der Waals surface area contributed by atoms with Gasteiger partial charge < -0.3 is 10.2 Å². The molecule has 19 heavy (non-hydrogen) atoms. The second-order valence-electron chi connectivity index (χ2n) is 6.54. The summed E-state index contributed by atoms with van der Waals surface area (Å²) in [7, 11) is 1.90. The zero-order valence-electron chi connectivity index (χ0n) is 12.8. The number of hydrogen-bond donors (Lipinski definition) is 1. The molecule has 0 aromatic carbocycles. The lowest BCUT2D eigenvalue weighted by Gasteiger charge is -2.39. The van der Waals surface area contributed by atoms with E-state index in [1.54, 1.807) is 0 Å². The molecular weight excluding hydrogens is 236 g/mol. The predicted molar refractivity (Wildman–Crippen MR) is 80.7 cm³/mol. The predicted octanol–water partition coefficient (Wildman–Crippen LogP) is 3.09. The third kappa shape index (κ3) is 3.37. The van der Waals surface area contributed by atoms with Gasteiger partial charge in [0.1, 0.15) is 17.5 Å². The normalized spacial score (nSPS) is 17.6. The fraction of sp³-hybridized carbons (Fsp3) is 0.733. The summed E-state index contributed by atoms with van der Waals surface area (Å²) >= 11 is 0. The average Bonchev–Trinajstić information content (AvgIpc) is 2.37. The van der Waals surface area contributed by atoms with Crippen LogP contribution in [0.3, 0.4) is 0 Å². The van der Waals surface area contributed by atoms with Crippen molar-refractivity contribution in [3.05, 3.63) is 11.9 Å². The van der Waals surface area contributed by atoms with E-state index in [-0.39, 0.29) is 0 Å². The standard InChI is InChI=1S/C15H26N4/c1-11-17-13(16-5)10-14(18-11)19-8-6-12(7-9-19)15(2,3)4/h10,12H,6-9H2,1-5H3,(H,16,17,18). The second kappa shape index (κ2) is 5.35. The van der Waals surface area contributed by atoms with Crippen LogP contribution in [-0.2, 0) is 0 Å². The van der Waals surface area contributed by atoms with Gasteiger partial charge in [-0.05, 0) is 31.1 Å². The quantitative estimate of drug-likeness (QED) is 0.889. The molecule has 0 saturated carbocycles. The van der Waals surface area contributed by atoms with Gasteiger partial charge in [-0.15, -0.1) is 0 Å². The molecule has 2 heterocycles. The van der Waals surface area contributed by atoms with Gasteiger partial charge in [-0.25, -0.2) is 9.97 Å². The summed E-state index contributed by atoms with van der Waals surface area (Å²) in [6.07, 6.45) is 2.50. The molecule has 4 heteroatoms. The van der Waals surface area contributed by atoms with Crippen LogP contribution in [0.5, 0.6) is 0 Å². The van der Waals surface area contributed by atoms with Crippen LogP contribution in [-0.4, -0.2) is 30.1 Å². The van der Waals surface area contributed by atoms with Crippen molar-refractivity contribution in [1.82, 2.24) is 9.97 Å². The topological polar surface area (TPSA) is 41.0 Å². The van der Waals surface area contributed by atoms with Gasteiger partial charge in [0.15, 0.2) is 0 Å². The monoisotopic (exact) mass is 262 g/mol. The van der Waals surface area contributed by atoms with Crippen LogP contribution in [0.2, 0.25) is 0 Å². The van der Waals surface area contributed by atoms with E-state index in [4.69, 9.17) is 0 Å². The maximum atomic E-state index is 4.57. The van der Waals surface area contributed by atoms with Gasteiger partial charge >= 0.3 is 0 Å². The number of piperidine rings is 1.